The number of amides is 1. The van der Waals surface area contributed by atoms with E-state index in [1.165, 1.54) is 0 Å². The van der Waals surface area contributed by atoms with Gasteiger partial charge in [0.2, 0.25) is 5.91 Å². The maximum absolute atomic E-state index is 14.1. The molecular weight excluding hydrogens is 460 g/mol. The zero-order valence-corrected chi connectivity index (χ0v) is 18.9. The van der Waals surface area contributed by atoms with Crippen LogP contribution in [0.5, 0.6) is 0 Å². The second-order valence-corrected chi connectivity index (χ2v) is 8.33. The van der Waals surface area contributed by atoms with Crippen LogP contribution in [0.25, 0.3) is 0 Å². The molecule has 0 radical (unpaired) electrons. The molecule has 0 saturated heterocycles. The van der Waals surface area contributed by atoms with Gasteiger partial charge in [0.1, 0.15) is 11.9 Å². The topological polar surface area (TPSA) is 77.6 Å². The molecule has 1 fully saturated rings. The van der Waals surface area contributed by atoms with E-state index in [1.54, 1.807) is 6.08 Å². The molecule has 1 amide bonds. The second kappa shape index (κ2) is 11.6. The molecular formula is C26H24F4N4O. The van der Waals surface area contributed by atoms with Crippen LogP contribution in [0.3, 0.4) is 0 Å². The predicted octanol–water partition coefficient (Wildman–Crippen LogP) is 6.44. The van der Waals surface area contributed by atoms with E-state index < -0.39 is 17.6 Å². The highest BCUT2D eigenvalue weighted by atomic mass is 19.4. The predicted molar refractivity (Wildman–Crippen MR) is 127 cm³/mol. The lowest BCUT2D eigenvalue weighted by Crippen LogP contribution is -2.28. The van der Waals surface area contributed by atoms with Crippen molar-refractivity contribution in [2.45, 2.75) is 44.2 Å². The number of anilines is 1. The number of hydrogen-bond donors (Lipinski definition) is 1. The molecule has 35 heavy (non-hydrogen) atoms. The molecule has 2 unspecified atom stereocenters. The number of hydrogen-bond acceptors (Lipinski definition) is 4. The van der Waals surface area contributed by atoms with E-state index in [9.17, 15) is 22.4 Å². The summed E-state index contributed by atoms with van der Waals surface area (Å²) in [6.07, 6.45) is 2.27. The molecule has 1 aliphatic rings. The Balaban J connectivity index is 1.60. The lowest BCUT2D eigenvalue weighted by atomic mass is 9.77. The third-order valence-corrected chi connectivity index (χ3v) is 5.97. The Morgan fingerprint density at radius 2 is 1.94 bits per heavy atom. The van der Waals surface area contributed by atoms with Gasteiger partial charge in [-0.15, -0.1) is 5.10 Å². The van der Waals surface area contributed by atoms with Crippen molar-refractivity contribution in [2.75, 3.05) is 5.32 Å². The minimum Gasteiger partial charge on any atom is -0.323 e. The molecule has 2 aromatic carbocycles. The molecule has 2 aromatic rings. The van der Waals surface area contributed by atoms with Crippen molar-refractivity contribution in [3.05, 3.63) is 77.1 Å². The molecule has 0 spiro atoms. The Morgan fingerprint density at radius 1 is 1.20 bits per heavy atom. The number of allylic oxidation sites excluding steroid dienone is 2. The molecule has 1 saturated carbocycles. The highest BCUT2D eigenvalue weighted by Crippen LogP contribution is 2.37. The molecule has 1 aliphatic carbocycles. The summed E-state index contributed by atoms with van der Waals surface area (Å²) in [7, 11) is 0. The number of benzene rings is 2. The van der Waals surface area contributed by atoms with Crippen LogP contribution in [0, 0.1) is 23.1 Å². The number of halogens is 4. The Labute approximate surface area is 200 Å². The van der Waals surface area contributed by atoms with Gasteiger partial charge in [-0.3, -0.25) is 4.79 Å². The Morgan fingerprint density at radius 3 is 2.57 bits per heavy atom. The molecule has 1 N–H and O–H groups in total. The zero-order valence-electron chi connectivity index (χ0n) is 18.9. The van der Waals surface area contributed by atoms with Gasteiger partial charge in [0, 0.05) is 12.6 Å². The number of nitriles is 1. The molecule has 3 rings (SSSR count). The fraction of sp³-hybridized carbons (Fsp3) is 0.308. The SMILES string of the molecule is C=N/N=C(C#N)\C=C/Cc1ccc(C2CCCC(C(=O)Nc3ccc(C(F)(F)F)cc3F)C2)cc1. The summed E-state index contributed by atoms with van der Waals surface area (Å²) in [4.78, 5) is 12.7. The first-order chi connectivity index (χ1) is 16.7. The fourth-order valence-electron chi connectivity index (χ4n) is 4.16. The van der Waals surface area contributed by atoms with Crippen LogP contribution < -0.4 is 5.32 Å². The lowest BCUT2D eigenvalue weighted by molar-refractivity contribution is -0.137. The van der Waals surface area contributed by atoms with Crippen LogP contribution in [0.1, 0.15) is 48.3 Å². The van der Waals surface area contributed by atoms with Crippen molar-refractivity contribution >= 4 is 24.0 Å². The van der Waals surface area contributed by atoms with Gasteiger partial charge in [-0.2, -0.15) is 23.5 Å². The van der Waals surface area contributed by atoms with E-state index >= 15 is 0 Å². The van der Waals surface area contributed by atoms with Crippen molar-refractivity contribution in [1.29, 1.82) is 5.26 Å². The number of carbonyl (C=O) groups excluding carboxylic acids is 1. The van der Waals surface area contributed by atoms with Crippen molar-refractivity contribution in [3.8, 4) is 6.07 Å². The lowest BCUT2D eigenvalue weighted by Gasteiger charge is -2.29. The van der Waals surface area contributed by atoms with E-state index in [1.807, 2.05) is 36.4 Å². The van der Waals surface area contributed by atoms with Gasteiger partial charge < -0.3 is 5.32 Å². The molecule has 0 aliphatic heterocycles. The number of carbonyl (C=O) groups is 1. The molecule has 2 atom stereocenters. The molecule has 0 bridgehead atoms. The van der Waals surface area contributed by atoms with Crippen molar-refractivity contribution in [3.63, 3.8) is 0 Å². The molecule has 0 aromatic heterocycles. The van der Waals surface area contributed by atoms with E-state index in [2.05, 4.69) is 22.2 Å². The molecule has 9 heteroatoms. The van der Waals surface area contributed by atoms with Crippen LogP contribution in [0.2, 0.25) is 0 Å². The van der Waals surface area contributed by atoms with Crippen molar-refractivity contribution in [1.82, 2.24) is 0 Å². The summed E-state index contributed by atoms with van der Waals surface area (Å²) in [5.41, 5.74) is 0.940. The molecule has 182 valence electrons. The van der Waals surface area contributed by atoms with Gasteiger partial charge >= 0.3 is 6.18 Å². The number of nitrogens with zero attached hydrogens (tertiary/aromatic N) is 3. The van der Waals surface area contributed by atoms with Crippen LogP contribution in [0.4, 0.5) is 23.2 Å². The maximum atomic E-state index is 14.1. The summed E-state index contributed by atoms with van der Waals surface area (Å²) in [6, 6.07) is 12.0. The highest BCUT2D eigenvalue weighted by Gasteiger charge is 2.32. The van der Waals surface area contributed by atoms with Gasteiger partial charge in [0.25, 0.3) is 0 Å². The minimum absolute atomic E-state index is 0.150. The fourth-order valence-corrected chi connectivity index (χ4v) is 4.16. The summed E-state index contributed by atoms with van der Waals surface area (Å²) >= 11 is 0. The van der Waals surface area contributed by atoms with Crippen LogP contribution in [0.15, 0.2) is 64.8 Å². The second-order valence-electron chi connectivity index (χ2n) is 8.33. The van der Waals surface area contributed by atoms with Crippen molar-refractivity contribution < 1.29 is 22.4 Å². The Hall–Kier alpha value is -3.80. The number of rotatable bonds is 7. The first-order valence-electron chi connectivity index (χ1n) is 11.1. The zero-order chi connectivity index (χ0) is 25.4. The van der Waals surface area contributed by atoms with Gasteiger partial charge in [-0.05, 0) is 67.0 Å². The summed E-state index contributed by atoms with van der Waals surface area (Å²) in [5, 5.41) is 18.3. The monoisotopic (exact) mass is 484 g/mol. The highest BCUT2D eigenvalue weighted by molar-refractivity contribution is 6.07. The standard InChI is InChI=1S/C26H24F4N4O/c1-32-34-22(16-31)7-2-4-17-8-10-18(11-9-17)19-5-3-6-20(14-19)25(35)33-24-13-12-21(15-23(24)27)26(28,29)30/h2,7-13,15,19-20H,1,3-6,14H2,(H,33,35)/b7-2-,34-22+. The van der Waals surface area contributed by atoms with Crippen LogP contribution >= 0.6 is 0 Å². The summed E-state index contributed by atoms with van der Waals surface area (Å²) in [5.74, 6) is -1.71. The van der Waals surface area contributed by atoms with E-state index in [0.29, 0.717) is 25.3 Å². The molecule has 5 nitrogen and oxygen atoms in total. The summed E-state index contributed by atoms with van der Waals surface area (Å²) < 4.78 is 52.3. The van der Waals surface area contributed by atoms with Gasteiger partial charge in [-0.1, -0.05) is 36.8 Å². The van der Waals surface area contributed by atoms with E-state index in [0.717, 1.165) is 36.1 Å². The Kier molecular flexibility index (Phi) is 8.53. The first-order valence-corrected chi connectivity index (χ1v) is 11.1. The third-order valence-electron chi connectivity index (χ3n) is 5.97. The van der Waals surface area contributed by atoms with Crippen LogP contribution in [-0.2, 0) is 17.4 Å². The van der Waals surface area contributed by atoms with E-state index in [-0.39, 0.29) is 29.1 Å². The van der Waals surface area contributed by atoms with Gasteiger partial charge in [-0.25, -0.2) is 4.39 Å². The smallest absolute Gasteiger partial charge is 0.323 e. The average molecular weight is 484 g/mol. The minimum atomic E-state index is -4.65. The number of alkyl halides is 3. The maximum Gasteiger partial charge on any atom is 0.416 e. The van der Waals surface area contributed by atoms with Gasteiger partial charge in [0.05, 0.1) is 11.3 Å². The quantitative estimate of drug-likeness (QED) is 0.279. The normalized spacial score (nSPS) is 18.8. The van der Waals surface area contributed by atoms with Crippen molar-refractivity contribution in [2.24, 2.45) is 16.1 Å². The number of nitrogens with one attached hydrogen (secondary N) is 1. The third kappa shape index (κ3) is 7.09. The Bertz CT molecular complexity index is 1160. The summed E-state index contributed by atoms with van der Waals surface area (Å²) in [6.45, 7) is 3.22. The van der Waals surface area contributed by atoms with E-state index in [4.69, 9.17) is 5.26 Å². The first kappa shape index (κ1) is 25.8. The van der Waals surface area contributed by atoms with Crippen LogP contribution in [-0.4, -0.2) is 18.3 Å². The molecule has 0 heterocycles. The van der Waals surface area contributed by atoms with Gasteiger partial charge in [0.15, 0.2) is 5.71 Å². The largest absolute Gasteiger partial charge is 0.416 e. The average Bonchev–Trinajstić information content (AvgIpc) is 2.84.